The van der Waals surface area contributed by atoms with Crippen LogP contribution in [0.4, 0.5) is 0 Å². The molecule has 1 aliphatic rings. The molecule has 0 heterocycles. The molecule has 0 aromatic heterocycles. The molecule has 0 amide bonds. The molecule has 0 unspecified atom stereocenters. The fourth-order valence-corrected chi connectivity index (χ4v) is 2.04. The number of halogens is 1. The lowest BCUT2D eigenvalue weighted by Gasteiger charge is -2.16. The van der Waals surface area contributed by atoms with Crippen LogP contribution in [-0.4, -0.2) is 19.8 Å². The molecule has 2 rings (SSSR count). The van der Waals surface area contributed by atoms with Crippen LogP contribution in [0.25, 0.3) is 0 Å². The molecular weight excluding hydrogens is 262 g/mol. The maximum Gasteiger partial charge on any atom is 0.166 e. The van der Waals surface area contributed by atoms with E-state index in [2.05, 4.69) is 11.9 Å². The molecule has 104 valence electrons. The Kier molecular flexibility index (Phi) is 4.72. The van der Waals surface area contributed by atoms with Crippen molar-refractivity contribution in [2.45, 2.75) is 32.4 Å². The minimum absolute atomic E-state index is 0.481. The summed E-state index contributed by atoms with van der Waals surface area (Å²) < 4.78 is 11.2. The van der Waals surface area contributed by atoms with E-state index in [1.165, 1.54) is 12.8 Å². The highest BCUT2D eigenvalue weighted by Crippen LogP contribution is 2.35. The number of benzene rings is 1. The second-order valence-electron chi connectivity index (χ2n) is 5.00. The van der Waals surface area contributed by atoms with Gasteiger partial charge in [0.2, 0.25) is 0 Å². The number of hydrogen-bond donors (Lipinski definition) is 1. The van der Waals surface area contributed by atoms with Gasteiger partial charge in [-0.3, -0.25) is 0 Å². The zero-order valence-electron chi connectivity index (χ0n) is 11.5. The first kappa shape index (κ1) is 14.2. The van der Waals surface area contributed by atoms with Gasteiger partial charge >= 0.3 is 0 Å². The van der Waals surface area contributed by atoms with Crippen molar-refractivity contribution < 1.29 is 9.47 Å². The molecular formula is C15H20ClNO2. The van der Waals surface area contributed by atoms with Crippen molar-refractivity contribution in [3.8, 4) is 11.5 Å². The van der Waals surface area contributed by atoms with Crippen molar-refractivity contribution in [2.75, 3.05) is 13.7 Å². The van der Waals surface area contributed by atoms with E-state index in [0.717, 1.165) is 23.4 Å². The van der Waals surface area contributed by atoms with E-state index in [1.54, 1.807) is 13.2 Å². The van der Waals surface area contributed by atoms with Crippen molar-refractivity contribution in [2.24, 2.45) is 0 Å². The molecule has 0 aliphatic heterocycles. The third kappa shape index (κ3) is 4.15. The Bertz CT molecular complexity index is 469. The van der Waals surface area contributed by atoms with E-state index in [4.69, 9.17) is 21.1 Å². The molecule has 0 saturated heterocycles. The number of nitrogens with one attached hydrogen (secondary N) is 1. The molecule has 1 aliphatic carbocycles. The summed E-state index contributed by atoms with van der Waals surface area (Å²) in [6.45, 7) is 7.01. The molecule has 1 aromatic carbocycles. The fourth-order valence-electron chi connectivity index (χ4n) is 1.81. The van der Waals surface area contributed by atoms with Gasteiger partial charge in [0.05, 0.1) is 7.11 Å². The van der Waals surface area contributed by atoms with E-state index in [0.29, 0.717) is 23.4 Å². The second-order valence-corrected chi connectivity index (χ2v) is 5.43. The van der Waals surface area contributed by atoms with Crippen molar-refractivity contribution >= 4 is 11.6 Å². The Balaban J connectivity index is 2.19. The molecule has 1 saturated carbocycles. The van der Waals surface area contributed by atoms with Crippen LogP contribution in [-0.2, 0) is 6.54 Å². The van der Waals surface area contributed by atoms with Crippen LogP contribution >= 0.6 is 11.6 Å². The molecule has 0 radical (unpaired) electrons. The van der Waals surface area contributed by atoms with E-state index >= 15 is 0 Å². The van der Waals surface area contributed by atoms with Gasteiger partial charge in [-0.05, 0) is 31.4 Å². The van der Waals surface area contributed by atoms with Gasteiger partial charge in [-0.1, -0.05) is 18.2 Å². The van der Waals surface area contributed by atoms with Crippen LogP contribution in [0.5, 0.6) is 11.5 Å². The summed E-state index contributed by atoms with van der Waals surface area (Å²) in [5.41, 5.74) is 2.00. The summed E-state index contributed by atoms with van der Waals surface area (Å²) in [6, 6.07) is 4.34. The largest absolute Gasteiger partial charge is 0.493 e. The lowest BCUT2D eigenvalue weighted by molar-refractivity contribution is 0.315. The van der Waals surface area contributed by atoms with Crippen LogP contribution in [0.1, 0.15) is 25.3 Å². The summed E-state index contributed by atoms with van der Waals surface area (Å²) in [4.78, 5) is 0. The summed E-state index contributed by atoms with van der Waals surface area (Å²) >= 11 is 6.11. The molecule has 3 nitrogen and oxygen atoms in total. The fraction of sp³-hybridized carbons (Fsp3) is 0.467. The Hall–Kier alpha value is -1.19. The van der Waals surface area contributed by atoms with Crippen LogP contribution in [0.3, 0.4) is 0 Å². The highest BCUT2D eigenvalue weighted by molar-refractivity contribution is 6.30. The lowest BCUT2D eigenvalue weighted by atomic mass is 10.1. The lowest BCUT2D eigenvalue weighted by Crippen LogP contribution is -2.16. The third-order valence-electron chi connectivity index (χ3n) is 2.94. The molecule has 1 aromatic rings. The highest BCUT2D eigenvalue weighted by atomic mass is 35.5. The summed E-state index contributed by atoms with van der Waals surface area (Å²) in [5, 5.41) is 4.12. The zero-order valence-corrected chi connectivity index (χ0v) is 12.2. The third-order valence-corrected chi connectivity index (χ3v) is 3.16. The Labute approximate surface area is 119 Å². The van der Waals surface area contributed by atoms with Gasteiger partial charge < -0.3 is 14.8 Å². The summed E-state index contributed by atoms with van der Waals surface area (Å²) in [6.07, 6.45) is 2.50. The average molecular weight is 282 g/mol. The van der Waals surface area contributed by atoms with Gasteiger partial charge in [0.1, 0.15) is 6.61 Å². The number of ether oxygens (including phenoxy) is 2. The van der Waals surface area contributed by atoms with Crippen molar-refractivity contribution in [1.82, 2.24) is 5.32 Å². The minimum atomic E-state index is 0.481. The van der Waals surface area contributed by atoms with Crippen LogP contribution in [0.2, 0.25) is 5.02 Å². The van der Waals surface area contributed by atoms with Gasteiger partial charge in [0, 0.05) is 29.2 Å². The molecule has 19 heavy (non-hydrogen) atoms. The quantitative estimate of drug-likeness (QED) is 0.775. The van der Waals surface area contributed by atoms with Crippen LogP contribution in [0.15, 0.2) is 24.3 Å². The van der Waals surface area contributed by atoms with Gasteiger partial charge in [0.25, 0.3) is 0 Å². The number of hydrogen-bond acceptors (Lipinski definition) is 3. The maximum atomic E-state index is 6.11. The Morgan fingerprint density at radius 3 is 2.79 bits per heavy atom. The first-order chi connectivity index (χ1) is 9.10. The summed E-state index contributed by atoms with van der Waals surface area (Å²) in [7, 11) is 1.62. The van der Waals surface area contributed by atoms with E-state index in [9.17, 15) is 0 Å². The second kappa shape index (κ2) is 6.31. The molecule has 0 bridgehead atoms. The van der Waals surface area contributed by atoms with Crippen LogP contribution < -0.4 is 14.8 Å². The smallest absolute Gasteiger partial charge is 0.166 e. The zero-order chi connectivity index (χ0) is 13.8. The Morgan fingerprint density at radius 2 is 2.21 bits per heavy atom. The summed E-state index contributed by atoms with van der Waals surface area (Å²) in [5.74, 6) is 1.42. The minimum Gasteiger partial charge on any atom is -0.493 e. The molecule has 0 atom stereocenters. The first-order valence-electron chi connectivity index (χ1n) is 6.47. The number of methoxy groups -OCH3 is 1. The van der Waals surface area contributed by atoms with Gasteiger partial charge in [-0.15, -0.1) is 0 Å². The van der Waals surface area contributed by atoms with E-state index in [-0.39, 0.29) is 0 Å². The van der Waals surface area contributed by atoms with Crippen molar-refractivity contribution in [3.63, 3.8) is 0 Å². The van der Waals surface area contributed by atoms with E-state index < -0.39 is 0 Å². The monoisotopic (exact) mass is 281 g/mol. The first-order valence-corrected chi connectivity index (χ1v) is 6.85. The van der Waals surface area contributed by atoms with Crippen molar-refractivity contribution in [3.05, 3.63) is 34.9 Å². The molecule has 4 heteroatoms. The average Bonchev–Trinajstić information content (AvgIpc) is 3.17. The SMILES string of the molecule is C=C(C)COc1c(CNC2CC2)cc(Cl)cc1OC. The molecule has 1 fully saturated rings. The van der Waals surface area contributed by atoms with Crippen molar-refractivity contribution in [1.29, 1.82) is 0 Å². The van der Waals surface area contributed by atoms with E-state index in [1.807, 2.05) is 13.0 Å². The van der Waals surface area contributed by atoms with Crippen LogP contribution in [0, 0.1) is 0 Å². The van der Waals surface area contributed by atoms with Gasteiger partial charge in [0.15, 0.2) is 11.5 Å². The van der Waals surface area contributed by atoms with Gasteiger partial charge in [-0.2, -0.15) is 0 Å². The highest BCUT2D eigenvalue weighted by Gasteiger charge is 2.21. The topological polar surface area (TPSA) is 30.5 Å². The Morgan fingerprint density at radius 1 is 1.47 bits per heavy atom. The molecule has 0 spiro atoms. The predicted molar refractivity (Wildman–Crippen MR) is 78.2 cm³/mol. The standard InChI is InChI=1S/C15H20ClNO2/c1-10(2)9-19-15-11(8-17-13-4-5-13)6-12(16)7-14(15)18-3/h6-7,13,17H,1,4-5,8-9H2,2-3H3. The number of rotatable bonds is 7. The normalized spacial score (nSPS) is 14.3. The predicted octanol–water partition coefficient (Wildman–Crippen LogP) is 3.56. The molecule has 1 N–H and O–H groups in total. The maximum absolute atomic E-state index is 6.11. The van der Waals surface area contributed by atoms with Gasteiger partial charge in [-0.25, -0.2) is 0 Å².